The van der Waals surface area contributed by atoms with Gasteiger partial charge in [0, 0.05) is 17.4 Å². The minimum atomic E-state index is -4.56. The summed E-state index contributed by atoms with van der Waals surface area (Å²) in [7, 11) is 0. The number of hydrogen-bond donors (Lipinski definition) is 2. The third-order valence-corrected chi connectivity index (χ3v) is 4.05. The molecule has 2 heterocycles. The summed E-state index contributed by atoms with van der Waals surface area (Å²) in [6, 6.07) is 10.4. The third-order valence-electron chi connectivity index (χ3n) is 3.52. The van der Waals surface area contributed by atoms with E-state index in [1.54, 1.807) is 30.3 Å². The molecule has 0 aliphatic rings. The third kappa shape index (κ3) is 4.35. The first-order valence-corrected chi connectivity index (χ1v) is 8.23. The molecule has 0 bridgehead atoms. The van der Waals surface area contributed by atoms with Crippen LogP contribution in [0.25, 0.3) is 5.82 Å². The first kappa shape index (κ1) is 19.1. The Morgan fingerprint density at radius 2 is 1.81 bits per heavy atom. The second-order valence-corrected chi connectivity index (χ2v) is 6.22. The standard InChI is InChI=1S/C17H11Cl2F3N4O/c18-11-3-5-12(6-4-11)24-25-16(27)14-2-1-7-26(14)15-13(19)8-10(9-23-15)17(20,21)22/h1-9,24H,(H,25,27). The molecule has 0 fully saturated rings. The van der Waals surface area contributed by atoms with Crippen LogP contribution in [0.4, 0.5) is 18.9 Å². The first-order valence-electron chi connectivity index (χ1n) is 7.48. The van der Waals surface area contributed by atoms with Crippen LogP contribution in [0.1, 0.15) is 16.1 Å². The van der Waals surface area contributed by atoms with E-state index in [4.69, 9.17) is 23.2 Å². The van der Waals surface area contributed by atoms with E-state index in [0.717, 1.165) is 6.07 Å². The van der Waals surface area contributed by atoms with Gasteiger partial charge in [0.25, 0.3) is 5.91 Å². The van der Waals surface area contributed by atoms with Crippen molar-refractivity contribution >= 4 is 34.8 Å². The van der Waals surface area contributed by atoms with Gasteiger partial charge >= 0.3 is 6.18 Å². The minimum absolute atomic E-state index is 0.00584. The van der Waals surface area contributed by atoms with Gasteiger partial charge < -0.3 is 0 Å². The monoisotopic (exact) mass is 414 g/mol. The lowest BCUT2D eigenvalue weighted by atomic mass is 10.2. The van der Waals surface area contributed by atoms with Gasteiger partial charge in [-0.05, 0) is 42.5 Å². The van der Waals surface area contributed by atoms with Crippen molar-refractivity contribution in [3.8, 4) is 5.82 Å². The molecule has 2 N–H and O–H groups in total. The van der Waals surface area contributed by atoms with Crippen molar-refractivity contribution in [2.45, 2.75) is 6.18 Å². The van der Waals surface area contributed by atoms with Crippen LogP contribution in [0.15, 0.2) is 54.9 Å². The summed E-state index contributed by atoms with van der Waals surface area (Å²) >= 11 is 11.7. The van der Waals surface area contributed by atoms with Crippen molar-refractivity contribution in [3.63, 3.8) is 0 Å². The molecule has 2 aromatic heterocycles. The number of rotatable bonds is 4. The molecule has 140 valence electrons. The number of hydrazine groups is 1. The van der Waals surface area contributed by atoms with Crippen molar-refractivity contribution in [2.75, 3.05) is 5.43 Å². The molecule has 0 atom stereocenters. The summed E-state index contributed by atoms with van der Waals surface area (Å²) in [5.41, 5.74) is 4.94. The molecule has 0 spiro atoms. The molecule has 0 radical (unpaired) electrons. The molecular formula is C17H11Cl2F3N4O. The first-order chi connectivity index (χ1) is 12.8. The fraction of sp³-hybridized carbons (Fsp3) is 0.0588. The molecule has 27 heavy (non-hydrogen) atoms. The fourth-order valence-corrected chi connectivity index (χ4v) is 2.62. The van der Waals surface area contributed by atoms with Crippen molar-refractivity contribution in [2.24, 2.45) is 0 Å². The lowest BCUT2D eigenvalue weighted by molar-refractivity contribution is -0.137. The topological polar surface area (TPSA) is 59.0 Å². The van der Waals surface area contributed by atoms with Crippen LogP contribution in [0.3, 0.4) is 0 Å². The zero-order valence-electron chi connectivity index (χ0n) is 13.4. The van der Waals surface area contributed by atoms with Crippen molar-refractivity contribution in [3.05, 3.63) is 76.2 Å². The second-order valence-electron chi connectivity index (χ2n) is 5.38. The lowest BCUT2D eigenvalue weighted by Crippen LogP contribution is -2.31. The summed E-state index contributed by atoms with van der Waals surface area (Å²) in [6.45, 7) is 0. The van der Waals surface area contributed by atoms with E-state index in [1.165, 1.54) is 16.8 Å². The number of halogens is 5. The van der Waals surface area contributed by atoms with Gasteiger partial charge in [-0.25, -0.2) is 4.98 Å². The van der Waals surface area contributed by atoms with Crippen LogP contribution in [-0.4, -0.2) is 15.5 Å². The number of carbonyl (C=O) groups is 1. The van der Waals surface area contributed by atoms with E-state index in [9.17, 15) is 18.0 Å². The molecule has 5 nitrogen and oxygen atoms in total. The summed E-state index contributed by atoms with van der Waals surface area (Å²) in [4.78, 5) is 16.2. The largest absolute Gasteiger partial charge is 0.417 e. The fourth-order valence-electron chi connectivity index (χ4n) is 2.24. The molecule has 0 aliphatic carbocycles. The van der Waals surface area contributed by atoms with Crippen LogP contribution in [-0.2, 0) is 6.18 Å². The van der Waals surface area contributed by atoms with Crippen molar-refractivity contribution in [1.82, 2.24) is 15.0 Å². The molecule has 1 aromatic carbocycles. The number of benzene rings is 1. The molecule has 3 aromatic rings. The maximum Gasteiger partial charge on any atom is 0.417 e. The average molecular weight is 415 g/mol. The Kier molecular flexibility index (Phi) is 5.29. The highest BCUT2D eigenvalue weighted by Crippen LogP contribution is 2.32. The second kappa shape index (κ2) is 7.50. The number of aromatic nitrogens is 2. The normalized spacial score (nSPS) is 11.3. The van der Waals surface area contributed by atoms with Crippen molar-refractivity contribution in [1.29, 1.82) is 0 Å². The smallest absolute Gasteiger partial charge is 0.298 e. The Hall–Kier alpha value is -2.71. The summed E-state index contributed by atoms with van der Waals surface area (Å²) in [5, 5.41) is 0.310. The van der Waals surface area contributed by atoms with Crippen LogP contribution in [0.5, 0.6) is 0 Å². The Bertz CT molecular complexity index is 971. The molecule has 0 aliphatic heterocycles. The summed E-state index contributed by atoms with van der Waals surface area (Å²) < 4.78 is 39.5. The number of nitrogens with one attached hydrogen (secondary N) is 2. The van der Waals surface area contributed by atoms with Gasteiger partial charge in [-0.1, -0.05) is 23.2 Å². The lowest BCUT2D eigenvalue weighted by Gasteiger charge is -2.13. The SMILES string of the molecule is O=C(NNc1ccc(Cl)cc1)c1cccn1-c1ncc(C(F)(F)F)cc1Cl. The molecule has 0 saturated carbocycles. The summed E-state index contributed by atoms with van der Waals surface area (Å²) in [5.74, 6) is -0.529. The Morgan fingerprint density at radius 3 is 2.44 bits per heavy atom. The van der Waals surface area contributed by atoms with Crippen LogP contribution in [0.2, 0.25) is 10.0 Å². The predicted molar refractivity (Wildman–Crippen MR) is 96.1 cm³/mol. The van der Waals surface area contributed by atoms with Gasteiger partial charge in [0.2, 0.25) is 0 Å². The van der Waals surface area contributed by atoms with Gasteiger partial charge in [-0.3, -0.25) is 20.2 Å². The highest BCUT2D eigenvalue weighted by Gasteiger charge is 2.32. The van der Waals surface area contributed by atoms with Gasteiger partial charge in [0.15, 0.2) is 5.82 Å². The van der Waals surface area contributed by atoms with E-state index >= 15 is 0 Å². The van der Waals surface area contributed by atoms with E-state index in [2.05, 4.69) is 15.8 Å². The number of nitrogens with zero attached hydrogens (tertiary/aromatic N) is 2. The number of alkyl halides is 3. The maximum absolute atomic E-state index is 12.7. The van der Waals surface area contributed by atoms with Gasteiger partial charge in [0.05, 0.1) is 16.3 Å². The minimum Gasteiger partial charge on any atom is -0.298 e. The predicted octanol–water partition coefficient (Wildman–Crippen LogP) is 4.95. The highest BCUT2D eigenvalue weighted by molar-refractivity contribution is 6.32. The van der Waals surface area contributed by atoms with E-state index in [1.807, 2.05) is 0 Å². The Labute approximate surface area is 161 Å². The molecule has 10 heteroatoms. The maximum atomic E-state index is 12.7. The van der Waals surface area contributed by atoms with E-state index in [-0.39, 0.29) is 16.5 Å². The molecule has 0 saturated heterocycles. The van der Waals surface area contributed by atoms with Gasteiger partial charge in [-0.2, -0.15) is 13.2 Å². The molecule has 1 amide bonds. The van der Waals surface area contributed by atoms with Crippen LogP contribution >= 0.6 is 23.2 Å². The quantitative estimate of drug-likeness (QED) is 0.593. The van der Waals surface area contributed by atoms with E-state index in [0.29, 0.717) is 16.9 Å². The Morgan fingerprint density at radius 1 is 1.11 bits per heavy atom. The number of anilines is 1. The van der Waals surface area contributed by atoms with Crippen LogP contribution in [0, 0.1) is 0 Å². The van der Waals surface area contributed by atoms with E-state index < -0.39 is 17.6 Å². The molecule has 3 rings (SSSR count). The number of hydrogen-bond acceptors (Lipinski definition) is 3. The van der Waals surface area contributed by atoms with Crippen LogP contribution < -0.4 is 10.9 Å². The zero-order chi connectivity index (χ0) is 19.6. The number of carbonyl (C=O) groups excluding carboxylic acids is 1. The van der Waals surface area contributed by atoms with Crippen molar-refractivity contribution < 1.29 is 18.0 Å². The average Bonchev–Trinajstić information content (AvgIpc) is 3.09. The molecule has 0 unspecified atom stereocenters. The number of pyridine rings is 1. The molecular weight excluding hydrogens is 404 g/mol. The van der Waals surface area contributed by atoms with Gasteiger partial charge in [0.1, 0.15) is 5.69 Å². The van der Waals surface area contributed by atoms with Gasteiger partial charge in [-0.15, -0.1) is 0 Å². The summed E-state index contributed by atoms with van der Waals surface area (Å²) in [6.07, 6.45) is -2.43. The number of amides is 1. The highest BCUT2D eigenvalue weighted by atomic mass is 35.5. The Balaban J connectivity index is 1.81. The zero-order valence-corrected chi connectivity index (χ0v) is 14.9.